The van der Waals surface area contributed by atoms with E-state index in [4.69, 9.17) is 4.74 Å². The van der Waals surface area contributed by atoms with Gasteiger partial charge in [-0.3, -0.25) is 19.4 Å². The summed E-state index contributed by atoms with van der Waals surface area (Å²) in [5.74, 6) is 0.0677. The van der Waals surface area contributed by atoms with Crippen LogP contribution < -0.4 is 20.7 Å². The zero-order chi connectivity index (χ0) is 19.8. The molecule has 1 aliphatic rings. The number of anilines is 2. The van der Waals surface area contributed by atoms with Crippen LogP contribution in [0.3, 0.4) is 0 Å². The molecule has 0 radical (unpaired) electrons. The Labute approximate surface area is 162 Å². The summed E-state index contributed by atoms with van der Waals surface area (Å²) in [5.41, 5.74) is 1.25. The maximum atomic E-state index is 11.9. The largest absolute Gasteiger partial charge is 0.484 e. The lowest BCUT2D eigenvalue weighted by Gasteiger charge is -2.10. The smallest absolute Gasteiger partial charge is 0.257 e. The number of amides is 3. The molecule has 3 N–H and O–H groups in total. The van der Waals surface area contributed by atoms with Gasteiger partial charge in [0.25, 0.3) is 5.91 Å². The molecule has 0 atom stereocenters. The van der Waals surface area contributed by atoms with Crippen molar-refractivity contribution in [3.8, 4) is 5.75 Å². The summed E-state index contributed by atoms with van der Waals surface area (Å²) >= 11 is 0. The highest BCUT2D eigenvalue weighted by Gasteiger charge is 2.29. The van der Waals surface area contributed by atoms with E-state index in [-0.39, 0.29) is 43.2 Å². The first kappa shape index (κ1) is 19.3. The summed E-state index contributed by atoms with van der Waals surface area (Å²) in [7, 11) is 0. The van der Waals surface area contributed by atoms with E-state index >= 15 is 0 Å². The maximum Gasteiger partial charge on any atom is 0.257 e. The lowest BCUT2D eigenvalue weighted by molar-refractivity contribution is -0.123. The summed E-state index contributed by atoms with van der Waals surface area (Å²) in [6.07, 6.45) is 5.17. The van der Waals surface area contributed by atoms with Gasteiger partial charge in [-0.15, -0.1) is 0 Å². The lowest BCUT2D eigenvalue weighted by atomic mass is 10.3. The molecule has 146 valence electrons. The third-order valence-corrected chi connectivity index (χ3v) is 4.04. The van der Waals surface area contributed by atoms with Crippen LogP contribution in [0.15, 0.2) is 48.8 Å². The predicted molar refractivity (Wildman–Crippen MR) is 104 cm³/mol. The Bertz CT molecular complexity index is 837. The molecule has 3 rings (SSSR count). The number of rotatable bonds is 9. The molecule has 28 heavy (non-hydrogen) atoms. The number of nitrogens with zero attached hydrogens (tertiary/aromatic N) is 1. The van der Waals surface area contributed by atoms with Crippen LogP contribution in [0.4, 0.5) is 11.4 Å². The highest BCUT2D eigenvalue weighted by Crippen LogP contribution is 2.30. The third kappa shape index (κ3) is 6.39. The molecule has 0 saturated heterocycles. The molecule has 8 heteroatoms. The summed E-state index contributed by atoms with van der Waals surface area (Å²) in [6.45, 7) is 0.0238. The van der Waals surface area contributed by atoms with Crippen molar-refractivity contribution < 1.29 is 19.1 Å². The zero-order valence-corrected chi connectivity index (χ0v) is 15.3. The van der Waals surface area contributed by atoms with E-state index in [1.54, 1.807) is 48.8 Å². The summed E-state index contributed by atoms with van der Waals surface area (Å²) in [4.78, 5) is 39.4. The molecule has 1 aromatic heterocycles. The van der Waals surface area contributed by atoms with E-state index in [1.165, 1.54) is 0 Å². The quantitative estimate of drug-likeness (QED) is 0.614. The second kappa shape index (κ2) is 9.50. The van der Waals surface area contributed by atoms with Gasteiger partial charge in [-0.05, 0) is 37.1 Å². The molecule has 1 aromatic carbocycles. The number of carbonyl (C=O) groups is 3. The zero-order valence-electron chi connectivity index (χ0n) is 15.3. The fourth-order valence-electron chi connectivity index (χ4n) is 2.43. The van der Waals surface area contributed by atoms with Crippen molar-refractivity contribution in [1.29, 1.82) is 0 Å². The molecule has 1 heterocycles. The number of pyridine rings is 1. The summed E-state index contributed by atoms with van der Waals surface area (Å²) in [6, 6.07) is 10.4. The van der Waals surface area contributed by atoms with Gasteiger partial charge in [0, 0.05) is 36.8 Å². The highest BCUT2D eigenvalue weighted by molar-refractivity contribution is 5.94. The van der Waals surface area contributed by atoms with Crippen molar-refractivity contribution in [2.24, 2.45) is 5.92 Å². The molecule has 0 aliphatic heterocycles. The first-order valence-electron chi connectivity index (χ1n) is 9.10. The Morgan fingerprint density at radius 1 is 1.04 bits per heavy atom. The van der Waals surface area contributed by atoms with Gasteiger partial charge < -0.3 is 20.7 Å². The number of ether oxygens (including phenoxy) is 1. The van der Waals surface area contributed by atoms with Gasteiger partial charge in [0.1, 0.15) is 5.75 Å². The van der Waals surface area contributed by atoms with Crippen molar-refractivity contribution in [3.05, 3.63) is 48.8 Å². The van der Waals surface area contributed by atoms with Crippen molar-refractivity contribution in [3.63, 3.8) is 0 Å². The SMILES string of the molecule is O=C(COc1cccc(NC(=O)C2CC2)c1)NCCC(=O)Nc1cccnc1. The minimum atomic E-state index is -0.332. The van der Waals surface area contributed by atoms with Crippen LogP contribution in [-0.4, -0.2) is 35.9 Å². The Morgan fingerprint density at radius 3 is 2.61 bits per heavy atom. The first-order valence-corrected chi connectivity index (χ1v) is 9.10. The number of hydrogen-bond donors (Lipinski definition) is 3. The second-order valence-electron chi connectivity index (χ2n) is 6.47. The molecule has 1 aliphatic carbocycles. The molecule has 0 spiro atoms. The number of benzene rings is 1. The van der Waals surface area contributed by atoms with Gasteiger partial charge in [-0.1, -0.05) is 6.07 Å². The van der Waals surface area contributed by atoms with Crippen LogP contribution in [0, 0.1) is 5.92 Å². The van der Waals surface area contributed by atoms with Gasteiger partial charge in [-0.25, -0.2) is 0 Å². The molecule has 1 saturated carbocycles. The van der Waals surface area contributed by atoms with E-state index < -0.39 is 0 Å². The fraction of sp³-hybridized carbons (Fsp3) is 0.300. The van der Waals surface area contributed by atoms with Crippen LogP contribution >= 0.6 is 0 Å². The maximum absolute atomic E-state index is 11.9. The Morgan fingerprint density at radius 2 is 1.86 bits per heavy atom. The van der Waals surface area contributed by atoms with Crippen LogP contribution in [0.5, 0.6) is 5.75 Å². The van der Waals surface area contributed by atoms with E-state index in [1.807, 2.05) is 0 Å². The summed E-state index contributed by atoms with van der Waals surface area (Å²) < 4.78 is 5.45. The van der Waals surface area contributed by atoms with E-state index in [0.717, 1.165) is 12.8 Å². The number of nitrogens with one attached hydrogen (secondary N) is 3. The van der Waals surface area contributed by atoms with Crippen LogP contribution in [0.25, 0.3) is 0 Å². The van der Waals surface area contributed by atoms with Crippen LogP contribution in [0.2, 0.25) is 0 Å². The molecule has 1 fully saturated rings. The van der Waals surface area contributed by atoms with Crippen molar-refractivity contribution in [2.45, 2.75) is 19.3 Å². The number of hydrogen-bond acceptors (Lipinski definition) is 5. The van der Waals surface area contributed by atoms with Crippen LogP contribution in [-0.2, 0) is 14.4 Å². The molecular formula is C20H22N4O4. The average molecular weight is 382 g/mol. The average Bonchev–Trinajstić information content (AvgIpc) is 3.53. The predicted octanol–water partition coefficient (Wildman–Crippen LogP) is 1.95. The van der Waals surface area contributed by atoms with E-state index in [9.17, 15) is 14.4 Å². The summed E-state index contributed by atoms with van der Waals surface area (Å²) in [5, 5.41) is 8.15. The van der Waals surface area contributed by atoms with Gasteiger partial charge >= 0.3 is 0 Å². The monoisotopic (exact) mass is 382 g/mol. The van der Waals surface area contributed by atoms with Crippen LogP contribution in [0.1, 0.15) is 19.3 Å². The molecule has 0 bridgehead atoms. The van der Waals surface area contributed by atoms with E-state index in [2.05, 4.69) is 20.9 Å². The third-order valence-electron chi connectivity index (χ3n) is 4.04. The lowest BCUT2D eigenvalue weighted by Crippen LogP contribution is -2.31. The number of aromatic nitrogens is 1. The van der Waals surface area contributed by atoms with Crippen molar-refractivity contribution in [1.82, 2.24) is 10.3 Å². The molecule has 2 aromatic rings. The minimum Gasteiger partial charge on any atom is -0.484 e. The van der Waals surface area contributed by atoms with Gasteiger partial charge in [0.2, 0.25) is 11.8 Å². The van der Waals surface area contributed by atoms with E-state index in [0.29, 0.717) is 17.1 Å². The Kier molecular flexibility index (Phi) is 6.56. The minimum absolute atomic E-state index is 0.0134. The van der Waals surface area contributed by atoms with Gasteiger partial charge in [0.05, 0.1) is 11.9 Å². The number of carbonyl (C=O) groups excluding carboxylic acids is 3. The van der Waals surface area contributed by atoms with Gasteiger partial charge in [-0.2, -0.15) is 0 Å². The van der Waals surface area contributed by atoms with Crippen molar-refractivity contribution >= 4 is 29.1 Å². The highest BCUT2D eigenvalue weighted by atomic mass is 16.5. The Balaban J connectivity index is 1.35. The molecular weight excluding hydrogens is 360 g/mol. The van der Waals surface area contributed by atoms with Crippen molar-refractivity contribution in [2.75, 3.05) is 23.8 Å². The Hall–Kier alpha value is -3.42. The topological polar surface area (TPSA) is 109 Å². The standard InChI is InChI=1S/C20H22N4O4/c25-18(23-16-4-2-9-21-12-16)8-10-22-19(26)13-28-17-5-1-3-15(11-17)24-20(27)14-6-7-14/h1-5,9,11-12,14H,6-8,10,13H2,(H,22,26)(H,23,25)(H,24,27). The van der Waals surface area contributed by atoms with Gasteiger partial charge in [0.15, 0.2) is 6.61 Å². The molecule has 0 unspecified atom stereocenters. The fourth-order valence-corrected chi connectivity index (χ4v) is 2.43. The molecule has 8 nitrogen and oxygen atoms in total. The first-order chi connectivity index (χ1) is 13.6. The second-order valence-corrected chi connectivity index (χ2v) is 6.47. The normalized spacial score (nSPS) is 12.7. The molecule has 3 amide bonds.